The Bertz CT molecular complexity index is 419. The Morgan fingerprint density at radius 2 is 2.11 bits per heavy atom. The molecule has 0 bridgehead atoms. The fourth-order valence-corrected chi connectivity index (χ4v) is 2.33. The minimum absolute atomic E-state index is 0.539. The molecule has 0 aromatic carbocycles. The lowest BCUT2D eigenvalue weighted by molar-refractivity contribution is 0.0481. The molecule has 18 heavy (non-hydrogen) atoms. The molecule has 0 spiro atoms. The Hall–Kier alpha value is -1.36. The average molecular weight is 250 g/mol. The quantitative estimate of drug-likeness (QED) is 0.834. The molecule has 0 saturated carbocycles. The maximum atomic E-state index is 10.1. The molecule has 1 aromatic rings. The van der Waals surface area contributed by atoms with Crippen LogP contribution in [0, 0.1) is 6.92 Å². The van der Waals surface area contributed by atoms with Crippen LogP contribution in [0.3, 0.4) is 0 Å². The second-order valence-corrected chi connectivity index (χ2v) is 5.25. The molecule has 1 aliphatic rings. The third kappa shape index (κ3) is 3.10. The van der Waals surface area contributed by atoms with Crippen LogP contribution >= 0.6 is 0 Å². The van der Waals surface area contributed by atoms with Gasteiger partial charge in [0.1, 0.15) is 17.5 Å². The van der Waals surface area contributed by atoms with Gasteiger partial charge in [-0.25, -0.2) is 9.97 Å². The van der Waals surface area contributed by atoms with Crippen molar-refractivity contribution in [2.24, 2.45) is 0 Å². The van der Waals surface area contributed by atoms with E-state index in [1.165, 1.54) is 0 Å². The Morgan fingerprint density at radius 3 is 2.83 bits per heavy atom. The molecule has 1 aliphatic heterocycles. The van der Waals surface area contributed by atoms with Crippen molar-refractivity contribution in [1.82, 2.24) is 9.97 Å². The maximum Gasteiger partial charge on any atom is 0.134 e. The lowest BCUT2D eigenvalue weighted by Crippen LogP contribution is -2.29. The number of hydrogen-bond acceptors (Lipinski definition) is 5. The van der Waals surface area contributed by atoms with Gasteiger partial charge in [-0.2, -0.15) is 0 Å². The lowest BCUT2D eigenvalue weighted by atomic mass is 9.98. The zero-order valence-electron chi connectivity index (χ0n) is 11.4. The van der Waals surface area contributed by atoms with Crippen LogP contribution in [-0.4, -0.2) is 40.8 Å². The highest BCUT2D eigenvalue weighted by Crippen LogP contribution is 2.25. The number of rotatable bonds is 2. The normalized spacial score (nSPS) is 24.8. The van der Waals surface area contributed by atoms with Crippen LogP contribution in [0.2, 0.25) is 0 Å². The van der Waals surface area contributed by atoms with E-state index in [-0.39, 0.29) is 0 Å². The molecule has 1 unspecified atom stereocenters. The summed E-state index contributed by atoms with van der Waals surface area (Å²) in [6.45, 7) is 5.60. The van der Waals surface area contributed by atoms with Gasteiger partial charge in [-0.15, -0.1) is 0 Å². The fraction of sp³-hybridized carbons (Fsp3) is 0.692. The molecule has 2 rings (SSSR count). The number of aliphatic hydroxyl groups is 1. The molecule has 1 saturated heterocycles. The van der Waals surface area contributed by atoms with Crippen LogP contribution in [0.15, 0.2) is 6.07 Å². The van der Waals surface area contributed by atoms with E-state index in [1.807, 2.05) is 27.0 Å². The first-order chi connectivity index (χ1) is 8.50. The second kappa shape index (κ2) is 5.10. The Balaban J connectivity index is 2.18. The fourth-order valence-electron chi connectivity index (χ4n) is 2.33. The summed E-state index contributed by atoms with van der Waals surface area (Å²) in [6.07, 6.45) is 2.63. The smallest absolute Gasteiger partial charge is 0.134 e. The monoisotopic (exact) mass is 250 g/mol. The Labute approximate surface area is 108 Å². The summed E-state index contributed by atoms with van der Waals surface area (Å²) < 4.78 is 0. The predicted molar refractivity (Wildman–Crippen MR) is 73.0 cm³/mol. The zero-order valence-corrected chi connectivity index (χ0v) is 11.4. The molecule has 0 aliphatic carbocycles. The largest absolute Gasteiger partial charge is 0.390 e. The topological polar surface area (TPSA) is 61.3 Å². The second-order valence-electron chi connectivity index (χ2n) is 5.25. The summed E-state index contributed by atoms with van der Waals surface area (Å²) >= 11 is 0. The van der Waals surface area contributed by atoms with Gasteiger partial charge in [-0.05, 0) is 33.1 Å². The van der Waals surface area contributed by atoms with Crippen molar-refractivity contribution in [3.63, 3.8) is 0 Å². The highest BCUT2D eigenvalue weighted by Gasteiger charge is 2.25. The van der Waals surface area contributed by atoms with Crippen molar-refractivity contribution in [2.75, 3.05) is 30.4 Å². The van der Waals surface area contributed by atoms with E-state index < -0.39 is 5.60 Å². The van der Waals surface area contributed by atoms with Gasteiger partial charge < -0.3 is 15.3 Å². The maximum absolute atomic E-state index is 10.1. The standard InChI is InChI=1S/C13H22N4O/c1-10-15-11(14-3)9-12(16-10)17-7-4-5-13(2,18)6-8-17/h9,18H,4-8H2,1-3H3,(H,14,15,16). The van der Waals surface area contributed by atoms with Crippen molar-refractivity contribution in [2.45, 2.75) is 38.7 Å². The predicted octanol–water partition coefficient (Wildman–Crippen LogP) is 1.57. The summed E-state index contributed by atoms with van der Waals surface area (Å²) in [5.41, 5.74) is -0.539. The molecule has 0 amide bonds. The summed E-state index contributed by atoms with van der Waals surface area (Å²) in [7, 11) is 1.86. The van der Waals surface area contributed by atoms with Crippen molar-refractivity contribution in [3.05, 3.63) is 11.9 Å². The van der Waals surface area contributed by atoms with Crippen LogP contribution in [0.5, 0.6) is 0 Å². The third-order valence-corrected chi connectivity index (χ3v) is 3.47. The van der Waals surface area contributed by atoms with Crippen molar-refractivity contribution in [3.8, 4) is 0 Å². The van der Waals surface area contributed by atoms with E-state index in [0.29, 0.717) is 0 Å². The molecule has 2 heterocycles. The number of anilines is 2. The number of hydrogen-bond donors (Lipinski definition) is 2. The summed E-state index contributed by atoms with van der Waals surface area (Å²) in [5.74, 6) is 2.56. The molecule has 1 atom stereocenters. The molecule has 0 radical (unpaired) electrons. The number of nitrogens with zero attached hydrogens (tertiary/aromatic N) is 3. The van der Waals surface area contributed by atoms with Gasteiger partial charge in [0.2, 0.25) is 0 Å². The summed E-state index contributed by atoms with van der Waals surface area (Å²) in [4.78, 5) is 11.0. The summed E-state index contributed by atoms with van der Waals surface area (Å²) in [5, 5.41) is 13.2. The van der Waals surface area contributed by atoms with Crippen molar-refractivity contribution >= 4 is 11.6 Å². The van der Waals surface area contributed by atoms with Crippen LogP contribution < -0.4 is 10.2 Å². The van der Waals surface area contributed by atoms with Crippen LogP contribution in [0.4, 0.5) is 11.6 Å². The van der Waals surface area contributed by atoms with Crippen LogP contribution in [0.25, 0.3) is 0 Å². The number of aryl methyl sites for hydroxylation is 1. The van der Waals surface area contributed by atoms with Gasteiger partial charge in [0.15, 0.2) is 0 Å². The molecular weight excluding hydrogens is 228 g/mol. The first kappa shape index (κ1) is 13.1. The molecule has 100 valence electrons. The minimum atomic E-state index is -0.539. The Morgan fingerprint density at radius 1 is 1.33 bits per heavy atom. The van der Waals surface area contributed by atoms with Gasteiger partial charge in [-0.1, -0.05) is 0 Å². The molecular formula is C13H22N4O. The van der Waals surface area contributed by atoms with Crippen molar-refractivity contribution in [1.29, 1.82) is 0 Å². The van der Waals surface area contributed by atoms with E-state index in [1.54, 1.807) is 0 Å². The average Bonchev–Trinajstić information content (AvgIpc) is 2.49. The van der Waals surface area contributed by atoms with Gasteiger partial charge >= 0.3 is 0 Å². The summed E-state index contributed by atoms with van der Waals surface area (Å²) in [6, 6.07) is 1.97. The zero-order chi connectivity index (χ0) is 13.2. The highest BCUT2D eigenvalue weighted by molar-refractivity contribution is 5.49. The van der Waals surface area contributed by atoms with Gasteiger partial charge in [-0.3, -0.25) is 0 Å². The van der Waals surface area contributed by atoms with Gasteiger partial charge in [0.25, 0.3) is 0 Å². The first-order valence-electron chi connectivity index (χ1n) is 6.51. The molecule has 1 fully saturated rings. The lowest BCUT2D eigenvalue weighted by Gasteiger charge is -2.23. The molecule has 2 N–H and O–H groups in total. The molecule has 5 heteroatoms. The van der Waals surface area contributed by atoms with Crippen LogP contribution in [-0.2, 0) is 0 Å². The third-order valence-electron chi connectivity index (χ3n) is 3.47. The first-order valence-corrected chi connectivity index (χ1v) is 6.51. The van der Waals surface area contributed by atoms with Gasteiger partial charge in [0.05, 0.1) is 5.60 Å². The minimum Gasteiger partial charge on any atom is -0.390 e. The molecule has 1 aromatic heterocycles. The van der Waals surface area contributed by atoms with E-state index in [4.69, 9.17) is 0 Å². The highest BCUT2D eigenvalue weighted by atomic mass is 16.3. The van der Waals surface area contributed by atoms with E-state index in [0.717, 1.165) is 49.8 Å². The van der Waals surface area contributed by atoms with E-state index in [9.17, 15) is 5.11 Å². The SMILES string of the molecule is CNc1cc(N2CCCC(C)(O)CC2)nc(C)n1. The van der Waals surface area contributed by atoms with Gasteiger partial charge in [0, 0.05) is 26.2 Å². The number of nitrogens with one attached hydrogen (secondary N) is 1. The van der Waals surface area contributed by atoms with E-state index in [2.05, 4.69) is 20.2 Å². The van der Waals surface area contributed by atoms with E-state index >= 15 is 0 Å². The van der Waals surface area contributed by atoms with Crippen LogP contribution in [0.1, 0.15) is 32.0 Å². The van der Waals surface area contributed by atoms with Crippen molar-refractivity contribution < 1.29 is 5.11 Å². The number of aromatic nitrogens is 2. The Kier molecular flexibility index (Phi) is 3.71. The molecule has 5 nitrogen and oxygen atoms in total.